The number of anilines is 1. The number of carbonyl (C=O) groups is 3. The molecule has 2 amide bonds. The molecule has 2 heterocycles. The molecule has 0 radical (unpaired) electrons. The van der Waals surface area contributed by atoms with Gasteiger partial charge in [0.05, 0.1) is 17.7 Å². The molecule has 3 atom stereocenters. The summed E-state index contributed by atoms with van der Waals surface area (Å²) in [6.45, 7) is 3.44. The predicted octanol–water partition coefficient (Wildman–Crippen LogP) is 2.67. The van der Waals surface area contributed by atoms with Gasteiger partial charge in [0.15, 0.2) is 6.10 Å². The van der Waals surface area contributed by atoms with Crippen molar-refractivity contribution < 1.29 is 23.9 Å². The first kappa shape index (κ1) is 19.8. The fraction of sp³-hybridized carbons (Fsp3) is 0.500. The van der Waals surface area contributed by atoms with Gasteiger partial charge in [-0.3, -0.25) is 9.59 Å². The predicted molar refractivity (Wildman–Crippen MR) is 103 cm³/mol. The van der Waals surface area contributed by atoms with Crippen LogP contribution in [0, 0.1) is 0 Å². The largest absolute Gasteiger partial charge is 0.495 e. The zero-order valence-electron chi connectivity index (χ0n) is 15.3. The highest BCUT2D eigenvalue weighted by molar-refractivity contribution is 8.01. The number of benzene rings is 1. The molecular weight excluding hydrogens is 392 g/mol. The van der Waals surface area contributed by atoms with E-state index in [9.17, 15) is 14.4 Å². The van der Waals surface area contributed by atoms with Gasteiger partial charge in [0.1, 0.15) is 11.8 Å². The Morgan fingerprint density at radius 1 is 1.44 bits per heavy atom. The summed E-state index contributed by atoms with van der Waals surface area (Å²) in [6, 6.07) is 4.16. The third-order valence-electron chi connectivity index (χ3n) is 4.80. The molecule has 2 aliphatic rings. The minimum atomic E-state index is -1.03. The highest BCUT2D eigenvalue weighted by Gasteiger charge is 2.53. The number of halogens is 1. The van der Waals surface area contributed by atoms with Crippen LogP contribution in [0.15, 0.2) is 18.2 Å². The van der Waals surface area contributed by atoms with E-state index in [4.69, 9.17) is 21.1 Å². The molecule has 0 spiro atoms. The molecule has 0 aliphatic carbocycles. The summed E-state index contributed by atoms with van der Waals surface area (Å²) in [5, 5.41) is 3.08. The number of carbonyl (C=O) groups excluding carboxylic acids is 3. The van der Waals surface area contributed by atoms with Crippen LogP contribution in [-0.4, -0.2) is 52.6 Å². The number of thioether (sulfide) groups is 1. The monoisotopic (exact) mass is 412 g/mol. The van der Waals surface area contributed by atoms with E-state index in [1.807, 2.05) is 6.92 Å². The normalized spacial score (nSPS) is 25.1. The van der Waals surface area contributed by atoms with Crippen LogP contribution in [0.4, 0.5) is 5.69 Å². The van der Waals surface area contributed by atoms with Crippen molar-refractivity contribution in [2.24, 2.45) is 0 Å². The Hall–Kier alpha value is -1.93. The second-order valence-corrected chi connectivity index (χ2v) is 8.62. The van der Waals surface area contributed by atoms with Crippen molar-refractivity contribution in [2.75, 3.05) is 18.2 Å². The van der Waals surface area contributed by atoms with Crippen LogP contribution in [0.3, 0.4) is 0 Å². The van der Waals surface area contributed by atoms with Gasteiger partial charge in [-0.1, -0.05) is 11.6 Å². The molecule has 1 aromatic rings. The Labute approximate surface area is 166 Å². The Morgan fingerprint density at radius 2 is 2.19 bits per heavy atom. The van der Waals surface area contributed by atoms with Gasteiger partial charge in [-0.05, 0) is 38.5 Å². The zero-order valence-corrected chi connectivity index (χ0v) is 16.9. The minimum Gasteiger partial charge on any atom is -0.495 e. The lowest BCUT2D eigenvalue weighted by molar-refractivity contribution is -0.160. The van der Waals surface area contributed by atoms with E-state index in [1.165, 1.54) is 14.0 Å². The maximum Gasteiger partial charge on any atom is 0.330 e. The van der Waals surface area contributed by atoms with Crippen molar-refractivity contribution in [1.29, 1.82) is 0 Å². The van der Waals surface area contributed by atoms with Crippen LogP contribution in [0.1, 0.15) is 26.7 Å². The van der Waals surface area contributed by atoms with E-state index in [2.05, 4.69) is 5.32 Å². The van der Waals surface area contributed by atoms with Crippen molar-refractivity contribution in [3.05, 3.63) is 23.2 Å². The molecule has 9 heteroatoms. The molecule has 0 saturated carbocycles. The quantitative estimate of drug-likeness (QED) is 0.748. The lowest BCUT2D eigenvalue weighted by atomic mass is 10.2. The smallest absolute Gasteiger partial charge is 0.330 e. The van der Waals surface area contributed by atoms with Gasteiger partial charge in [-0.25, -0.2) is 4.79 Å². The molecule has 27 heavy (non-hydrogen) atoms. The van der Waals surface area contributed by atoms with Crippen molar-refractivity contribution >= 4 is 46.8 Å². The molecule has 7 nitrogen and oxygen atoms in total. The van der Waals surface area contributed by atoms with Crippen molar-refractivity contribution in [3.8, 4) is 5.75 Å². The second kappa shape index (κ2) is 7.59. The summed E-state index contributed by atoms with van der Waals surface area (Å²) < 4.78 is 10.5. The van der Waals surface area contributed by atoms with Gasteiger partial charge in [0.2, 0.25) is 5.91 Å². The summed E-state index contributed by atoms with van der Waals surface area (Å²) >= 11 is 7.53. The molecule has 3 rings (SSSR count). The van der Waals surface area contributed by atoms with E-state index in [1.54, 1.807) is 34.9 Å². The van der Waals surface area contributed by atoms with E-state index in [0.717, 1.165) is 0 Å². The van der Waals surface area contributed by atoms with Crippen LogP contribution < -0.4 is 10.1 Å². The number of rotatable bonds is 5. The molecule has 0 aromatic heterocycles. The Balaban J connectivity index is 1.64. The van der Waals surface area contributed by atoms with Crippen LogP contribution >= 0.6 is 23.4 Å². The lowest BCUT2D eigenvalue weighted by Gasteiger charge is -2.29. The first-order valence-electron chi connectivity index (χ1n) is 8.56. The number of nitrogens with one attached hydrogen (secondary N) is 1. The summed E-state index contributed by atoms with van der Waals surface area (Å²) in [6.07, 6.45) is 0.110. The van der Waals surface area contributed by atoms with E-state index in [-0.39, 0.29) is 10.8 Å². The molecule has 2 aliphatic heterocycles. The molecular formula is C18H21ClN2O5S. The standard InChI is InChI=1S/C18H21ClN2O5S/c1-10(16(23)20-12-8-11(19)4-5-14(12)25-3)26-17(24)13-9-27-18(2)7-6-15(22)21(13)18/h4-5,8,10,13H,6-7,9H2,1-3H3,(H,20,23)/t10-,13+,18+/m1/s1. The van der Waals surface area contributed by atoms with Crippen LogP contribution in [0.2, 0.25) is 5.02 Å². The zero-order chi connectivity index (χ0) is 19.8. The molecule has 2 saturated heterocycles. The summed E-state index contributed by atoms with van der Waals surface area (Å²) in [5.74, 6) is -0.216. The molecule has 0 bridgehead atoms. The van der Waals surface area contributed by atoms with Crippen molar-refractivity contribution in [2.45, 2.75) is 43.7 Å². The summed E-state index contributed by atoms with van der Waals surface area (Å²) in [5.41, 5.74) is 0.386. The summed E-state index contributed by atoms with van der Waals surface area (Å²) in [7, 11) is 1.48. The van der Waals surface area contributed by atoms with E-state index < -0.39 is 24.0 Å². The highest BCUT2D eigenvalue weighted by Crippen LogP contribution is 2.47. The third-order valence-corrected chi connectivity index (χ3v) is 6.54. The number of methoxy groups -OCH3 is 1. The van der Waals surface area contributed by atoms with Gasteiger partial charge >= 0.3 is 5.97 Å². The van der Waals surface area contributed by atoms with Gasteiger partial charge in [0, 0.05) is 17.2 Å². The number of nitrogens with zero attached hydrogens (tertiary/aromatic N) is 1. The number of amides is 2. The van der Waals surface area contributed by atoms with Crippen LogP contribution in [-0.2, 0) is 19.1 Å². The number of hydrogen-bond donors (Lipinski definition) is 1. The SMILES string of the molecule is COc1ccc(Cl)cc1NC(=O)[C@@H](C)OC(=O)[C@@H]1CS[C@@]2(C)CCC(=O)N12. The second-order valence-electron chi connectivity index (χ2n) is 6.68. The van der Waals surface area contributed by atoms with Gasteiger partial charge in [0.25, 0.3) is 5.91 Å². The maximum atomic E-state index is 12.6. The van der Waals surface area contributed by atoms with Gasteiger partial charge in [-0.2, -0.15) is 0 Å². The molecule has 1 N–H and O–H groups in total. The van der Waals surface area contributed by atoms with E-state index in [0.29, 0.717) is 35.1 Å². The molecule has 1 aromatic carbocycles. The van der Waals surface area contributed by atoms with E-state index >= 15 is 0 Å². The van der Waals surface area contributed by atoms with Crippen molar-refractivity contribution in [1.82, 2.24) is 4.90 Å². The number of esters is 1. The fourth-order valence-electron chi connectivity index (χ4n) is 3.31. The highest BCUT2D eigenvalue weighted by atomic mass is 35.5. The Morgan fingerprint density at radius 3 is 2.89 bits per heavy atom. The third kappa shape index (κ3) is 3.87. The Bertz CT molecular complexity index is 789. The van der Waals surface area contributed by atoms with Gasteiger partial charge in [-0.15, -0.1) is 11.8 Å². The van der Waals surface area contributed by atoms with Gasteiger partial charge < -0.3 is 19.7 Å². The number of ether oxygens (including phenoxy) is 2. The molecule has 146 valence electrons. The average molecular weight is 413 g/mol. The molecule has 0 unspecified atom stereocenters. The first-order valence-corrected chi connectivity index (χ1v) is 9.92. The number of hydrogen-bond acceptors (Lipinski definition) is 6. The average Bonchev–Trinajstić information content (AvgIpc) is 3.11. The summed E-state index contributed by atoms with van der Waals surface area (Å²) in [4.78, 5) is 38.4. The topological polar surface area (TPSA) is 84.9 Å². The Kier molecular flexibility index (Phi) is 5.58. The lowest BCUT2D eigenvalue weighted by Crippen LogP contribution is -2.48. The van der Waals surface area contributed by atoms with Crippen LogP contribution in [0.5, 0.6) is 5.75 Å². The minimum absolute atomic E-state index is 0.0507. The first-order chi connectivity index (χ1) is 12.7. The van der Waals surface area contributed by atoms with Crippen molar-refractivity contribution in [3.63, 3.8) is 0 Å². The number of fused-ring (bicyclic) bond motifs is 1. The molecule has 2 fully saturated rings. The maximum absolute atomic E-state index is 12.6. The van der Waals surface area contributed by atoms with Crippen LogP contribution in [0.25, 0.3) is 0 Å². The fourth-order valence-corrected chi connectivity index (χ4v) is 4.90.